The summed E-state index contributed by atoms with van der Waals surface area (Å²) in [6.07, 6.45) is 2.90. The second kappa shape index (κ2) is 9.97. The van der Waals surface area contributed by atoms with Crippen LogP contribution >= 0.6 is 0 Å². The van der Waals surface area contributed by atoms with Crippen LogP contribution in [-0.2, 0) is 0 Å². The quantitative estimate of drug-likeness (QED) is 0.210. The normalized spacial score (nSPS) is 12.7. The molecule has 0 bridgehead atoms. The van der Waals surface area contributed by atoms with E-state index in [2.05, 4.69) is 36.2 Å². The molecule has 0 saturated carbocycles. The molecule has 4 aromatic rings. The summed E-state index contributed by atoms with van der Waals surface area (Å²) in [5, 5.41) is 39.8. The largest absolute Gasteiger partial charge is 0.480 e. The van der Waals surface area contributed by atoms with E-state index in [-0.39, 0.29) is 29.3 Å². The summed E-state index contributed by atoms with van der Waals surface area (Å²) in [6.45, 7) is 0.705. The molecule has 0 aliphatic rings. The fraction of sp³-hybridized carbons (Fsp3) is 0.273. The standard InChI is InChI=1S/C22H25N9O5/c1-22(35,12-32)11-24-20(33)13-10-25-31-17(23-2)9-15(27-19(13)31)26-14-5-4-8-30(21(14)34)16-6-7-18(36-3)29-28-16/h4-10,23,32,35H,11-12H2,1-3H3,(H,24,33)(H,26,27). The van der Waals surface area contributed by atoms with Crippen LogP contribution in [0.1, 0.15) is 17.3 Å². The number of amides is 1. The fourth-order valence-corrected chi connectivity index (χ4v) is 3.24. The maximum Gasteiger partial charge on any atom is 0.280 e. The van der Waals surface area contributed by atoms with E-state index in [0.717, 1.165) is 0 Å². The molecular formula is C22H25N9O5. The molecule has 0 aliphatic heterocycles. The average Bonchev–Trinajstić information content (AvgIpc) is 3.32. The zero-order valence-corrected chi connectivity index (χ0v) is 19.8. The van der Waals surface area contributed by atoms with Crippen LogP contribution in [-0.4, -0.2) is 78.4 Å². The number of methoxy groups -OCH3 is 1. The van der Waals surface area contributed by atoms with E-state index in [4.69, 9.17) is 4.74 Å². The Morgan fingerprint density at radius 1 is 1.25 bits per heavy atom. The molecule has 14 heteroatoms. The van der Waals surface area contributed by atoms with Crippen LogP contribution in [0.25, 0.3) is 11.5 Å². The summed E-state index contributed by atoms with van der Waals surface area (Å²) >= 11 is 0. The highest BCUT2D eigenvalue weighted by Gasteiger charge is 2.23. The number of fused-ring (bicyclic) bond motifs is 1. The van der Waals surface area contributed by atoms with Crippen molar-refractivity contribution >= 4 is 28.9 Å². The van der Waals surface area contributed by atoms with Gasteiger partial charge in [0.05, 0.1) is 19.9 Å². The Bertz CT molecular complexity index is 1450. The average molecular weight is 496 g/mol. The summed E-state index contributed by atoms with van der Waals surface area (Å²) in [5.41, 5.74) is -1.32. The van der Waals surface area contributed by atoms with Gasteiger partial charge in [0.25, 0.3) is 11.5 Å². The van der Waals surface area contributed by atoms with Crippen molar-refractivity contribution in [2.75, 3.05) is 37.9 Å². The first kappa shape index (κ1) is 24.6. The minimum absolute atomic E-state index is 0.142. The zero-order chi connectivity index (χ0) is 25.9. The predicted octanol–water partition coefficient (Wildman–Crippen LogP) is -0.0628. The Kier molecular flexibility index (Phi) is 6.80. The fourth-order valence-electron chi connectivity index (χ4n) is 3.24. The van der Waals surface area contributed by atoms with Crippen LogP contribution in [0.2, 0.25) is 0 Å². The van der Waals surface area contributed by atoms with Gasteiger partial charge in [-0.05, 0) is 25.1 Å². The highest BCUT2D eigenvalue weighted by atomic mass is 16.5. The number of aromatic nitrogens is 6. The first-order chi connectivity index (χ1) is 17.3. The van der Waals surface area contributed by atoms with Gasteiger partial charge in [0.2, 0.25) is 5.88 Å². The Morgan fingerprint density at radius 3 is 2.72 bits per heavy atom. The van der Waals surface area contributed by atoms with Gasteiger partial charge in [-0.1, -0.05) is 0 Å². The number of aliphatic hydroxyl groups excluding tert-OH is 1. The molecular weight excluding hydrogens is 470 g/mol. The maximum atomic E-state index is 13.1. The van der Waals surface area contributed by atoms with Crippen molar-refractivity contribution in [2.45, 2.75) is 12.5 Å². The van der Waals surface area contributed by atoms with E-state index in [9.17, 15) is 19.8 Å². The third kappa shape index (κ3) is 4.94. The van der Waals surface area contributed by atoms with Crippen molar-refractivity contribution in [2.24, 2.45) is 0 Å². The summed E-state index contributed by atoms with van der Waals surface area (Å²) < 4.78 is 7.75. The van der Waals surface area contributed by atoms with Crippen molar-refractivity contribution in [3.63, 3.8) is 0 Å². The number of anilines is 3. The number of nitrogens with one attached hydrogen (secondary N) is 3. The van der Waals surface area contributed by atoms with Crippen LogP contribution in [0.15, 0.2) is 47.5 Å². The predicted molar refractivity (Wildman–Crippen MR) is 130 cm³/mol. The van der Waals surface area contributed by atoms with Gasteiger partial charge in [0, 0.05) is 31.9 Å². The Hall–Kier alpha value is -4.56. The molecule has 14 nitrogen and oxygen atoms in total. The molecule has 0 aromatic carbocycles. The topological polar surface area (TPSA) is 181 Å². The molecule has 0 radical (unpaired) electrons. The first-order valence-electron chi connectivity index (χ1n) is 10.8. The van der Waals surface area contributed by atoms with Crippen LogP contribution in [0.3, 0.4) is 0 Å². The van der Waals surface area contributed by atoms with E-state index in [1.54, 1.807) is 43.6 Å². The second-order valence-corrected chi connectivity index (χ2v) is 8.06. The SMILES string of the molecule is CNc1cc(Nc2cccn(-c3ccc(OC)nn3)c2=O)nc2c(C(=O)NCC(C)(O)CO)cnn12. The highest BCUT2D eigenvalue weighted by Crippen LogP contribution is 2.21. The maximum absolute atomic E-state index is 13.1. The Labute approximate surface area is 204 Å². The third-order valence-corrected chi connectivity index (χ3v) is 5.23. The number of carbonyl (C=O) groups is 1. The van der Waals surface area contributed by atoms with Gasteiger partial charge in [-0.15, -0.1) is 10.2 Å². The Morgan fingerprint density at radius 2 is 2.06 bits per heavy atom. The van der Waals surface area contributed by atoms with Crippen molar-refractivity contribution in [1.29, 1.82) is 0 Å². The minimum atomic E-state index is -1.48. The van der Waals surface area contributed by atoms with E-state index in [1.807, 2.05) is 0 Å². The molecule has 0 fully saturated rings. The molecule has 0 saturated heterocycles. The molecule has 0 aliphatic carbocycles. The molecule has 4 rings (SSSR count). The number of hydrogen-bond acceptors (Lipinski definition) is 11. The highest BCUT2D eigenvalue weighted by molar-refractivity contribution is 6.00. The van der Waals surface area contributed by atoms with Gasteiger partial charge in [-0.25, -0.2) is 4.98 Å². The number of ether oxygens (including phenoxy) is 1. The second-order valence-electron chi connectivity index (χ2n) is 8.06. The van der Waals surface area contributed by atoms with E-state index >= 15 is 0 Å². The number of hydrogen-bond donors (Lipinski definition) is 5. The van der Waals surface area contributed by atoms with Crippen LogP contribution in [0.4, 0.5) is 17.3 Å². The van der Waals surface area contributed by atoms with Crippen molar-refractivity contribution in [3.05, 3.63) is 58.6 Å². The number of nitrogens with zero attached hydrogens (tertiary/aromatic N) is 6. The van der Waals surface area contributed by atoms with Gasteiger partial charge in [0.1, 0.15) is 28.5 Å². The van der Waals surface area contributed by atoms with E-state index in [1.165, 1.54) is 29.3 Å². The molecule has 1 unspecified atom stereocenters. The molecule has 0 spiro atoms. The molecule has 5 N–H and O–H groups in total. The molecule has 188 valence electrons. The van der Waals surface area contributed by atoms with Crippen LogP contribution in [0, 0.1) is 0 Å². The van der Waals surface area contributed by atoms with Crippen LogP contribution < -0.4 is 26.2 Å². The lowest BCUT2D eigenvalue weighted by Crippen LogP contribution is -2.43. The molecule has 36 heavy (non-hydrogen) atoms. The lowest BCUT2D eigenvalue weighted by molar-refractivity contribution is 0.00321. The van der Waals surface area contributed by atoms with Crippen LogP contribution in [0.5, 0.6) is 5.88 Å². The van der Waals surface area contributed by atoms with Crippen molar-refractivity contribution in [3.8, 4) is 11.7 Å². The first-order valence-corrected chi connectivity index (χ1v) is 10.8. The number of carbonyl (C=O) groups excluding carboxylic acids is 1. The van der Waals surface area contributed by atoms with Gasteiger partial charge in [0.15, 0.2) is 11.5 Å². The summed E-state index contributed by atoms with van der Waals surface area (Å²) in [7, 11) is 3.15. The van der Waals surface area contributed by atoms with Crippen molar-refractivity contribution < 1.29 is 19.7 Å². The monoisotopic (exact) mass is 495 g/mol. The summed E-state index contributed by atoms with van der Waals surface area (Å²) in [4.78, 5) is 30.3. The van der Waals surface area contributed by atoms with Gasteiger partial charge < -0.3 is 30.9 Å². The smallest absolute Gasteiger partial charge is 0.280 e. The van der Waals surface area contributed by atoms with Gasteiger partial charge in [-0.3, -0.25) is 14.2 Å². The lowest BCUT2D eigenvalue weighted by atomic mass is 10.1. The third-order valence-electron chi connectivity index (χ3n) is 5.23. The molecule has 1 atom stereocenters. The number of aliphatic hydroxyl groups is 2. The van der Waals surface area contributed by atoms with Gasteiger partial charge in [-0.2, -0.15) is 9.61 Å². The minimum Gasteiger partial charge on any atom is -0.480 e. The van der Waals surface area contributed by atoms with Crippen molar-refractivity contribution in [1.82, 2.24) is 34.7 Å². The zero-order valence-electron chi connectivity index (χ0n) is 19.8. The van der Waals surface area contributed by atoms with Gasteiger partial charge >= 0.3 is 0 Å². The number of rotatable bonds is 9. The van der Waals surface area contributed by atoms with E-state index < -0.39 is 23.7 Å². The van der Waals surface area contributed by atoms with E-state index in [0.29, 0.717) is 17.5 Å². The summed E-state index contributed by atoms with van der Waals surface area (Å²) in [6, 6.07) is 8.07. The number of pyridine rings is 1. The summed E-state index contributed by atoms with van der Waals surface area (Å²) in [5.74, 6) is 0.863. The lowest BCUT2D eigenvalue weighted by Gasteiger charge is -2.20. The molecule has 1 amide bonds. The molecule has 4 heterocycles. The Balaban J connectivity index is 1.67. The molecule has 4 aromatic heterocycles.